The van der Waals surface area contributed by atoms with Crippen molar-refractivity contribution in [1.82, 2.24) is 14.8 Å². The number of anilines is 1. The number of nitrogens with one attached hydrogen (secondary N) is 1. The van der Waals surface area contributed by atoms with Gasteiger partial charge >= 0.3 is 5.69 Å². The average Bonchev–Trinajstić information content (AvgIpc) is 2.81. The van der Waals surface area contributed by atoms with Crippen LogP contribution in [0.25, 0.3) is 22.5 Å². The van der Waals surface area contributed by atoms with Crippen LogP contribution >= 0.6 is 0 Å². The smallest absolute Gasteiger partial charge is 0.324 e. The van der Waals surface area contributed by atoms with Crippen LogP contribution in [-0.4, -0.2) is 20.7 Å². The molecule has 7 heteroatoms. The quantitative estimate of drug-likeness (QED) is 0.546. The Kier molecular flexibility index (Phi) is 5.63. The Morgan fingerprint density at radius 3 is 2.19 bits per heavy atom. The lowest BCUT2D eigenvalue weighted by molar-refractivity contribution is -0.117. The molecule has 0 saturated carbocycles. The molecule has 7 nitrogen and oxygen atoms in total. The second-order valence-corrected chi connectivity index (χ2v) is 6.72. The number of hydrogen-bond acceptors (Lipinski definition) is 5. The Balaban J connectivity index is 1.69. The molecule has 0 fully saturated rings. The van der Waals surface area contributed by atoms with Gasteiger partial charge in [0.1, 0.15) is 17.9 Å². The van der Waals surface area contributed by atoms with Crippen molar-refractivity contribution >= 4 is 11.6 Å². The Bertz CT molecular complexity index is 1330. The second kappa shape index (κ2) is 8.84. The first-order valence-corrected chi connectivity index (χ1v) is 9.54. The van der Waals surface area contributed by atoms with E-state index in [1.165, 1.54) is 0 Å². The summed E-state index contributed by atoms with van der Waals surface area (Å²) in [5, 5.41) is 16.1. The fourth-order valence-corrected chi connectivity index (χ4v) is 3.11. The largest absolute Gasteiger partial charge is 0.365 e. The number of hydrogen-bond donors (Lipinski definition) is 1. The highest BCUT2D eigenvalue weighted by Gasteiger charge is 2.16. The van der Waals surface area contributed by atoms with Gasteiger partial charge in [-0.2, -0.15) is 15.3 Å². The van der Waals surface area contributed by atoms with Crippen molar-refractivity contribution in [3.05, 3.63) is 101 Å². The maximum absolute atomic E-state index is 12.7. The monoisotopic (exact) mass is 407 g/mol. The molecule has 150 valence electrons. The van der Waals surface area contributed by atoms with E-state index in [2.05, 4.69) is 15.4 Å². The fourth-order valence-electron chi connectivity index (χ4n) is 3.11. The molecular formula is C24H17N5O2. The third kappa shape index (κ3) is 4.54. The van der Waals surface area contributed by atoms with Crippen molar-refractivity contribution in [2.75, 3.05) is 5.32 Å². The first-order chi connectivity index (χ1) is 15.1. The molecule has 0 radical (unpaired) electrons. The van der Waals surface area contributed by atoms with Crippen LogP contribution in [0.3, 0.4) is 0 Å². The number of benzene rings is 3. The normalized spacial score (nSPS) is 10.3. The summed E-state index contributed by atoms with van der Waals surface area (Å²) in [5.41, 5.74) is 2.77. The Morgan fingerprint density at radius 2 is 1.55 bits per heavy atom. The van der Waals surface area contributed by atoms with Crippen LogP contribution in [0.1, 0.15) is 5.56 Å². The van der Waals surface area contributed by atoms with Crippen LogP contribution in [0.2, 0.25) is 0 Å². The van der Waals surface area contributed by atoms with E-state index in [0.29, 0.717) is 22.6 Å². The molecule has 1 heterocycles. The lowest BCUT2D eigenvalue weighted by atomic mass is 10.0. The zero-order valence-corrected chi connectivity index (χ0v) is 16.4. The van der Waals surface area contributed by atoms with E-state index in [4.69, 9.17) is 5.26 Å². The molecule has 0 atom stereocenters. The van der Waals surface area contributed by atoms with Gasteiger partial charge in [-0.3, -0.25) is 4.79 Å². The van der Waals surface area contributed by atoms with E-state index in [-0.39, 0.29) is 6.54 Å². The number of rotatable bonds is 5. The van der Waals surface area contributed by atoms with E-state index in [0.717, 1.165) is 15.8 Å². The molecule has 0 aliphatic heterocycles. The molecule has 1 N–H and O–H groups in total. The summed E-state index contributed by atoms with van der Waals surface area (Å²) in [6.07, 6.45) is 0. The standard InChI is InChI=1S/C24H17N5O2/c25-15-17-8-7-13-20(14-17)26-21(30)16-29-24(31)27-22(18-9-3-1-4-10-18)23(28-29)19-11-5-2-6-12-19/h1-14H,16H2,(H,26,30). The maximum Gasteiger partial charge on any atom is 0.365 e. The molecular weight excluding hydrogens is 390 g/mol. The molecule has 0 aliphatic rings. The molecule has 4 rings (SSSR count). The number of aromatic nitrogens is 3. The van der Waals surface area contributed by atoms with Crippen LogP contribution < -0.4 is 11.0 Å². The Labute approximate surface area is 178 Å². The minimum absolute atomic E-state index is 0.308. The molecule has 1 amide bonds. The lowest BCUT2D eigenvalue weighted by Crippen LogP contribution is -2.32. The van der Waals surface area contributed by atoms with Crippen LogP contribution in [0.15, 0.2) is 89.7 Å². The Morgan fingerprint density at radius 1 is 0.903 bits per heavy atom. The SMILES string of the molecule is N#Cc1cccc(NC(=O)Cn2nc(-c3ccccc3)c(-c3ccccc3)nc2=O)c1. The van der Waals surface area contributed by atoms with E-state index < -0.39 is 11.6 Å². The summed E-state index contributed by atoms with van der Waals surface area (Å²) in [4.78, 5) is 29.4. The maximum atomic E-state index is 12.7. The first kappa shape index (κ1) is 19.7. The van der Waals surface area contributed by atoms with Gasteiger partial charge in [0.25, 0.3) is 0 Å². The van der Waals surface area contributed by atoms with Crippen molar-refractivity contribution < 1.29 is 4.79 Å². The van der Waals surface area contributed by atoms with Crippen molar-refractivity contribution in [1.29, 1.82) is 5.26 Å². The van der Waals surface area contributed by atoms with E-state index in [1.807, 2.05) is 66.7 Å². The molecule has 4 aromatic rings. The van der Waals surface area contributed by atoms with Crippen LogP contribution in [-0.2, 0) is 11.3 Å². The number of nitriles is 1. The third-order valence-electron chi connectivity index (χ3n) is 4.54. The minimum atomic E-state index is -0.626. The molecule has 0 spiro atoms. The highest BCUT2D eigenvalue weighted by molar-refractivity contribution is 5.90. The van der Waals surface area contributed by atoms with Gasteiger partial charge < -0.3 is 5.32 Å². The van der Waals surface area contributed by atoms with Crippen molar-refractivity contribution in [2.45, 2.75) is 6.54 Å². The third-order valence-corrected chi connectivity index (χ3v) is 4.54. The van der Waals surface area contributed by atoms with Gasteiger partial charge in [0.15, 0.2) is 0 Å². The van der Waals surface area contributed by atoms with Gasteiger partial charge in [0.05, 0.1) is 11.6 Å². The van der Waals surface area contributed by atoms with Crippen LogP contribution in [0.5, 0.6) is 0 Å². The van der Waals surface area contributed by atoms with Gasteiger partial charge in [-0.25, -0.2) is 9.48 Å². The number of carbonyl (C=O) groups excluding carboxylic acids is 1. The van der Waals surface area contributed by atoms with Crippen molar-refractivity contribution in [3.63, 3.8) is 0 Å². The van der Waals surface area contributed by atoms with E-state index >= 15 is 0 Å². The van der Waals surface area contributed by atoms with E-state index in [1.54, 1.807) is 24.3 Å². The predicted molar refractivity (Wildman–Crippen MR) is 117 cm³/mol. The van der Waals surface area contributed by atoms with Gasteiger partial charge in [0, 0.05) is 16.8 Å². The van der Waals surface area contributed by atoms with Crippen LogP contribution in [0, 0.1) is 11.3 Å². The van der Waals surface area contributed by atoms with Gasteiger partial charge in [-0.15, -0.1) is 0 Å². The molecule has 0 aliphatic carbocycles. The molecule has 0 bridgehead atoms. The summed E-state index contributed by atoms with van der Waals surface area (Å²) in [5.74, 6) is -0.446. The van der Waals surface area contributed by atoms with Crippen molar-refractivity contribution in [2.24, 2.45) is 0 Å². The molecule has 1 aromatic heterocycles. The fraction of sp³-hybridized carbons (Fsp3) is 0.0417. The summed E-state index contributed by atoms with van der Waals surface area (Å²) in [7, 11) is 0. The topological polar surface area (TPSA) is 101 Å². The number of amides is 1. The van der Waals surface area contributed by atoms with Crippen molar-refractivity contribution in [3.8, 4) is 28.6 Å². The van der Waals surface area contributed by atoms with Gasteiger partial charge in [-0.05, 0) is 18.2 Å². The predicted octanol–water partition coefficient (Wildman–Crippen LogP) is 3.48. The zero-order chi connectivity index (χ0) is 21.6. The second-order valence-electron chi connectivity index (χ2n) is 6.72. The Hall–Kier alpha value is -4.57. The van der Waals surface area contributed by atoms with Gasteiger partial charge in [0.2, 0.25) is 5.91 Å². The summed E-state index contributed by atoms with van der Waals surface area (Å²) < 4.78 is 1.04. The lowest BCUT2D eigenvalue weighted by Gasteiger charge is -2.12. The first-order valence-electron chi connectivity index (χ1n) is 9.54. The number of nitrogens with zero attached hydrogens (tertiary/aromatic N) is 4. The highest BCUT2D eigenvalue weighted by atomic mass is 16.2. The molecule has 0 unspecified atom stereocenters. The van der Waals surface area contributed by atoms with Gasteiger partial charge in [-0.1, -0.05) is 66.7 Å². The average molecular weight is 407 g/mol. The minimum Gasteiger partial charge on any atom is -0.324 e. The van der Waals surface area contributed by atoms with Crippen LogP contribution in [0.4, 0.5) is 5.69 Å². The summed E-state index contributed by atoms with van der Waals surface area (Å²) in [6, 6.07) is 27.2. The molecule has 31 heavy (non-hydrogen) atoms. The highest BCUT2D eigenvalue weighted by Crippen LogP contribution is 2.27. The molecule has 0 saturated heterocycles. The molecule has 3 aromatic carbocycles. The summed E-state index contributed by atoms with van der Waals surface area (Å²) >= 11 is 0. The summed E-state index contributed by atoms with van der Waals surface area (Å²) in [6.45, 7) is -0.308. The number of carbonyl (C=O) groups is 1. The van der Waals surface area contributed by atoms with E-state index in [9.17, 15) is 9.59 Å². The zero-order valence-electron chi connectivity index (χ0n) is 16.4.